The van der Waals surface area contributed by atoms with Crippen molar-refractivity contribution in [2.75, 3.05) is 42.6 Å². The van der Waals surface area contributed by atoms with Gasteiger partial charge in [0.2, 0.25) is 0 Å². The molecular weight excluding hydrogens is 424 g/mol. The Kier molecular flexibility index (Phi) is 4.89. The average Bonchev–Trinajstić information content (AvgIpc) is 3.42. The maximum atomic E-state index is 11.9. The van der Waals surface area contributed by atoms with Crippen LogP contribution in [-0.4, -0.2) is 67.0 Å². The van der Waals surface area contributed by atoms with E-state index in [-0.39, 0.29) is 6.04 Å². The lowest BCUT2D eigenvalue weighted by atomic mass is 10.1. The number of hydrogen-bond acceptors (Lipinski definition) is 8. The maximum Gasteiger partial charge on any atom is 0.173 e. The number of hydrogen-bond donors (Lipinski definition) is 0. The van der Waals surface area contributed by atoms with Crippen LogP contribution < -0.4 is 4.90 Å². The van der Waals surface area contributed by atoms with Crippen molar-refractivity contribution in [1.82, 2.24) is 14.9 Å². The zero-order valence-electron chi connectivity index (χ0n) is 16.6. The molecular formula is C20H24N4O2S3. The third kappa shape index (κ3) is 3.58. The molecule has 6 nitrogen and oxygen atoms in total. The van der Waals surface area contributed by atoms with Gasteiger partial charge in [0.25, 0.3) is 0 Å². The fourth-order valence-electron chi connectivity index (χ4n) is 4.34. The first kappa shape index (κ1) is 19.4. The predicted molar refractivity (Wildman–Crippen MR) is 121 cm³/mol. The minimum atomic E-state index is -2.85. The topological polar surface area (TPSA) is 66.4 Å². The normalized spacial score (nSPS) is 22.6. The second-order valence-electron chi connectivity index (χ2n) is 7.89. The van der Waals surface area contributed by atoms with E-state index in [1.807, 2.05) is 6.07 Å². The molecule has 9 heteroatoms. The SMILES string of the molecule is Cc1sc2nc(-c3cccs3)nc(N3CCN([C@H]4CCS(=O)(=O)C4)CC3)c2c1C. The van der Waals surface area contributed by atoms with Gasteiger partial charge in [-0.15, -0.1) is 22.7 Å². The van der Waals surface area contributed by atoms with Crippen molar-refractivity contribution in [3.8, 4) is 10.7 Å². The van der Waals surface area contributed by atoms with Gasteiger partial charge in [-0.1, -0.05) is 6.07 Å². The molecule has 5 heterocycles. The summed E-state index contributed by atoms with van der Waals surface area (Å²) in [5, 5.41) is 3.23. The van der Waals surface area contributed by atoms with Crippen LogP contribution in [0.3, 0.4) is 0 Å². The van der Waals surface area contributed by atoms with Gasteiger partial charge < -0.3 is 4.90 Å². The molecule has 5 rings (SSSR count). The molecule has 0 spiro atoms. The predicted octanol–water partition coefficient (Wildman–Crippen LogP) is 3.35. The van der Waals surface area contributed by atoms with Crippen LogP contribution in [0.1, 0.15) is 16.9 Å². The molecule has 0 bridgehead atoms. The summed E-state index contributed by atoms with van der Waals surface area (Å²) in [7, 11) is -2.85. The molecule has 29 heavy (non-hydrogen) atoms. The smallest absolute Gasteiger partial charge is 0.173 e. The zero-order valence-corrected chi connectivity index (χ0v) is 19.0. The number of thiophene rings is 2. The van der Waals surface area contributed by atoms with Crippen LogP contribution in [0.15, 0.2) is 17.5 Å². The van der Waals surface area contributed by atoms with E-state index in [0.29, 0.717) is 11.5 Å². The van der Waals surface area contributed by atoms with E-state index in [1.165, 1.54) is 15.8 Å². The molecule has 3 aromatic rings. The van der Waals surface area contributed by atoms with Gasteiger partial charge in [-0.05, 0) is 37.3 Å². The molecule has 0 saturated carbocycles. The van der Waals surface area contributed by atoms with Crippen molar-refractivity contribution in [3.63, 3.8) is 0 Å². The second kappa shape index (κ2) is 7.30. The molecule has 0 unspecified atom stereocenters. The highest BCUT2D eigenvalue weighted by Gasteiger charge is 2.34. The molecule has 0 radical (unpaired) electrons. The number of sulfone groups is 1. The van der Waals surface area contributed by atoms with Gasteiger partial charge in [0.05, 0.1) is 21.8 Å². The van der Waals surface area contributed by atoms with Gasteiger partial charge in [-0.2, -0.15) is 0 Å². The summed E-state index contributed by atoms with van der Waals surface area (Å²) in [5.41, 5.74) is 1.27. The Morgan fingerprint density at radius 2 is 1.93 bits per heavy atom. The monoisotopic (exact) mass is 448 g/mol. The average molecular weight is 449 g/mol. The highest BCUT2D eigenvalue weighted by Crippen LogP contribution is 2.37. The fraction of sp³-hybridized carbons (Fsp3) is 0.500. The first-order chi connectivity index (χ1) is 13.9. The third-order valence-corrected chi connectivity index (χ3v) is 9.81. The van der Waals surface area contributed by atoms with Crippen LogP contribution in [0.4, 0.5) is 5.82 Å². The maximum absolute atomic E-state index is 11.9. The second-order valence-corrected chi connectivity index (χ2v) is 12.3. The van der Waals surface area contributed by atoms with Crippen molar-refractivity contribution in [3.05, 3.63) is 28.0 Å². The highest BCUT2D eigenvalue weighted by atomic mass is 32.2. The molecule has 0 amide bonds. The molecule has 154 valence electrons. The van der Waals surface area contributed by atoms with Crippen LogP contribution in [0.25, 0.3) is 20.9 Å². The molecule has 0 N–H and O–H groups in total. The van der Waals surface area contributed by atoms with Gasteiger partial charge in [0, 0.05) is 37.1 Å². The number of aryl methyl sites for hydroxylation is 2. The molecule has 2 fully saturated rings. The van der Waals surface area contributed by atoms with E-state index in [2.05, 4.69) is 35.1 Å². The Hall–Kier alpha value is -1.55. The number of aromatic nitrogens is 2. The summed E-state index contributed by atoms with van der Waals surface area (Å²) in [6.07, 6.45) is 0.769. The Morgan fingerprint density at radius 3 is 2.59 bits per heavy atom. The van der Waals surface area contributed by atoms with Crippen molar-refractivity contribution >= 4 is 48.5 Å². The Balaban J connectivity index is 1.45. The fourth-order valence-corrected chi connectivity index (χ4v) is 7.78. The van der Waals surface area contributed by atoms with E-state index in [9.17, 15) is 8.42 Å². The van der Waals surface area contributed by atoms with Gasteiger partial charge in [0.15, 0.2) is 15.7 Å². The van der Waals surface area contributed by atoms with Crippen molar-refractivity contribution < 1.29 is 8.42 Å². The Bertz CT molecular complexity index is 1150. The van der Waals surface area contributed by atoms with Gasteiger partial charge in [0.1, 0.15) is 10.6 Å². The Morgan fingerprint density at radius 1 is 1.14 bits per heavy atom. The summed E-state index contributed by atoms with van der Waals surface area (Å²) in [6.45, 7) is 7.78. The summed E-state index contributed by atoms with van der Waals surface area (Å²) < 4.78 is 23.7. The van der Waals surface area contributed by atoms with Crippen molar-refractivity contribution in [2.24, 2.45) is 0 Å². The largest absolute Gasteiger partial charge is 0.353 e. The molecule has 2 aliphatic rings. The summed E-state index contributed by atoms with van der Waals surface area (Å²) in [5.74, 6) is 2.48. The van der Waals surface area contributed by atoms with E-state index >= 15 is 0 Å². The van der Waals surface area contributed by atoms with Crippen LogP contribution >= 0.6 is 22.7 Å². The molecule has 2 aliphatic heterocycles. The van der Waals surface area contributed by atoms with E-state index in [0.717, 1.165) is 53.9 Å². The third-order valence-electron chi connectivity index (χ3n) is 6.09. The molecule has 0 aliphatic carbocycles. The van der Waals surface area contributed by atoms with Gasteiger partial charge in [-0.3, -0.25) is 4.90 Å². The first-order valence-corrected chi connectivity index (χ1v) is 13.4. The zero-order chi connectivity index (χ0) is 20.2. The lowest BCUT2D eigenvalue weighted by Gasteiger charge is -2.38. The molecule has 2 saturated heterocycles. The molecule has 0 aromatic carbocycles. The van der Waals surface area contributed by atoms with E-state index < -0.39 is 9.84 Å². The van der Waals surface area contributed by atoms with Gasteiger partial charge >= 0.3 is 0 Å². The van der Waals surface area contributed by atoms with E-state index in [1.54, 1.807) is 22.7 Å². The van der Waals surface area contributed by atoms with Gasteiger partial charge in [-0.25, -0.2) is 18.4 Å². The minimum absolute atomic E-state index is 0.180. The number of fused-ring (bicyclic) bond motifs is 1. The van der Waals surface area contributed by atoms with Crippen LogP contribution in [0.2, 0.25) is 0 Å². The Labute approximate surface area is 179 Å². The number of anilines is 1. The minimum Gasteiger partial charge on any atom is -0.353 e. The molecule has 1 atom stereocenters. The highest BCUT2D eigenvalue weighted by molar-refractivity contribution is 7.91. The summed E-state index contributed by atoms with van der Waals surface area (Å²) in [4.78, 5) is 18.0. The van der Waals surface area contributed by atoms with Crippen LogP contribution in [0.5, 0.6) is 0 Å². The number of piperazine rings is 1. The molecule has 3 aromatic heterocycles. The van der Waals surface area contributed by atoms with Crippen molar-refractivity contribution in [1.29, 1.82) is 0 Å². The number of nitrogens with zero attached hydrogens (tertiary/aromatic N) is 4. The lowest BCUT2D eigenvalue weighted by molar-refractivity contribution is 0.200. The summed E-state index contributed by atoms with van der Waals surface area (Å²) in [6, 6.07) is 4.29. The standard InChI is InChI=1S/C20H24N4O2S3/c1-13-14(2)28-20-17(13)19(21-18(22-20)16-4-3-10-27-16)24-8-6-23(7-9-24)15-5-11-29(25,26)12-15/h3-4,10,15H,5-9,11-12H2,1-2H3/t15-/m0/s1. The quantitative estimate of drug-likeness (QED) is 0.612. The van der Waals surface area contributed by atoms with Crippen LogP contribution in [-0.2, 0) is 9.84 Å². The lowest BCUT2D eigenvalue weighted by Crippen LogP contribution is -2.51. The van der Waals surface area contributed by atoms with E-state index in [4.69, 9.17) is 9.97 Å². The first-order valence-electron chi connectivity index (χ1n) is 9.92. The number of rotatable bonds is 3. The van der Waals surface area contributed by atoms with Crippen LogP contribution in [0, 0.1) is 13.8 Å². The summed E-state index contributed by atoms with van der Waals surface area (Å²) >= 11 is 3.40. The van der Waals surface area contributed by atoms with Crippen molar-refractivity contribution in [2.45, 2.75) is 26.3 Å².